The van der Waals surface area contributed by atoms with E-state index in [1.165, 1.54) is 12.8 Å². The van der Waals surface area contributed by atoms with Gasteiger partial charge in [-0.25, -0.2) is 0 Å². The van der Waals surface area contributed by atoms with Gasteiger partial charge >= 0.3 is 7.12 Å². The summed E-state index contributed by atoms with van der Waals surface area (Å²) in [6.45, 7) is 9.16. The molecule has 4 aliphatic rings. The Bertz CT molecular complexity index is 334. The Hall–Kier alpha value is -0.0551. The Morgan fingerprint density at radius 3 is 2.61 bits per heavy atom. The smallest absolute Gasteiger partial charge is 0.405 e. The van der Waals surface area contributed by atoms with Crippen LogP contribution in [0.25, 0.3) is 0 Å². The van der Waals surface area contributed by atoms with Crippen molar-refractivity contribution in [2.45, 2.75) is 65.1 Å². The van der Waals surface area contributed by atoms with Crippen LogP contribution < -0.4 is 5.73 Å². The summed E-state index contributed by atoms with van der Waals surface area (Å²) in [6, 6.07) is 0. The van der Waals surface area contributed by atoms with E-state index in [0.717, 1.165) is 12.3 Å². The molecule has 0 spiro atoms. The zero-order chi connectivity index (χ0) is 13.1. The molecule has 1 aliphatic heterocycles. The van der Waals surface area contributed by atoms with Crippen LogP contribution in [0.2, 0.25) is 0 Å². The molecule has 0 aromatic heterocycles. The Balaban J connectivity index is 1.65. The van der Waals surface area contributed by atoms with E-state index in [2.05, 4.69) is 27.7 Å². The molecule has 18 heavy (non-hydrogen) atoms. The molecule has 1 saturated heterocycles. The largest absolute Gasteiger partial charge is 0.475 e. The molecule has 0 aromatic rings. The molecule has 2 bridgehead atoms. The minimum absolute atomic E-state index is 0.0240. The standard InChI is InChI=1S/C14H26BNO2/c1-8(2)5-12(16)15-17-11-7-9-6-10(13(11)18-15)14(9,3)4/h8-13H,5-7,16H2,1-4H3. The highest BCUT2D eigenvalue weighted by Gasteiger charge is 2.62. The maximum atomic E-state index is 6.21. The van der Waals surface area contributed by atoms with Gasteiger partial charge < -0.3 is 15.0 Å². The molecular weight excluding hydrogens is 225 g/mol. The van der Waals surface area contributed by atoms with Gasteiger partial charge in [-0.3, -0.25) is 0 Å². The van der Waals surface area contributed by atoms with Crippen LogP contribution in [0.1, 0.15) is 47.0 Å². The average Bonchev–Trinajstić information content (AvgIpc) is 2.70. The van der Waals surface area contributed by atoms with Crippen LogP contribution >= 0.6 is 0 Å². The highest BCUT2D eigenvalue weighted by atomic mass is 16.7. The zero-order valence-corrected chi connectivity index (χ0v) is 12.1. The summed E-state index contributed by atoms with van der Waals surface area (Å²) in [5.41, 5.74) is 6.66. The molecule has 4 heteroatoms. The predicted molar refractivity (Wildman–Crippen MR) is 72.9 cm³/mol. The van der Waals surface area contributed by atoms with E-state index in [4.69, 9.17) is 15.0 Å². The van der Waals surface area contributed by atoms with E-state index in [1.54, 1.807) is 0 Å². The third kappa shape index (κ3) is 1.84. The lowest BCUT2D eigenvalue weighted by Gasteiger charge is -2.60. The second kappa shape index (κ2) is 4.22. The second-order valence-corrected chi connectivity index (χ2v) is 7.53. The van der Waals surface area contributed by atoms with E-state index < -0.39 is 0 Å². The van der Waals surface area contributed by atoms with Crippen molar-refractivity contribution in [2.75, 3.05) is 0 Å². The van der Waals surface area contributed by atoms with Crippen LogP contribution in [-0.2, 0) is 9.31 Å². The molecule has 3 nitrogen and oxygen atoms in total. The first-order valence-corrected chi connectivity index (χ1v) is 7.46. The summed E-state index contributed by atoms with van der Waals surface area (Å²) in [5.74, 6) is 2.13. The Labute approximate surface area is 111 Å². The van der Waals surface area contributed by atoms with Crippen molar-refractivity contribution < 1.29 is 9.31 Å². The molecule has 102 valence electrons. The van der Waals surface area contributed by atoms with Gasteiger partial charge in [-0.15, -0.1) is 0 Å². The quantitative estimate of drug-likeness (QED) is 0.782. The summed E-state index contributed by atoms with van der Waals surface area (Å²) >= 11 is 0. The number of hydrogen-bond donors (Lipinski definition) is 1. The number of nitrogens with two attached hydrogens (primary N) is 1. The Morgan fingerprint density at radius 2 is 2.00 bits per heavy atom. The van der Waals surface area contributed by atoms with Gasteiger partial charge in [0.05, 0.1) is 12.2 Å². The Morgan fingerprint density at radius 1 is 1.28 bits per heavy atom. The topological polar surface area (TPSA) is 44.5 Å². The van der Waals surface area contributed by atoms with Crippen LogP contribution in [0.4, 0.5) is 0 Å². The first-order valence-electron chi connectivity index (χ1n) is 7.46. The van der Waals surface area contributed by atoms with E-state index >= 15 is 0 Å². The first kappa shape index (κ1) is 13.0. The highest BCUT2D eigenvalue weighted by molar-refractivity contribution is 6.47. The fourth-order valence-electron chi connectivity index (χ4n) is 4.22. The molecule has 3 saturated carbocycles. The molecule has 0 amide bonds. The minimum Gasteiger partial charge on any atom is -0.405 e. The predicted octanol–water partition coefficient (Wildman–Crippen LogP) is 2.24. The molecule has 4 fully saturated rings. The van der Waals surface area contributed by atoms with Gasteiger partial charge in [0, 0.05) is 5.94 Å². The van der Waals surface area contributed by atoms with Crippen molar-refractivity contribution >= 4 is 7.12 Å². The van der Waals surface area contributed by atoms with Gasteiger partial charge in [0.15, 0.2) is 0 Å². The van der Waals surface area contributed by atoms with E-state index in [1.807, 2.05) is 0 Å². The third-order valence-corrected chi connectivity index (χ3v) is 5.52. The lowest BCUT2D eigenvalue weighted by Crippen LogP contribution is -2.59. The van der Waals surface area contributed by atoms with Crippen LogP contribution in [0.15, 0.2) is 0 Å². The molecule has 1 heterocycles. The van der Waals surface area contributed by atoms with E-state index in [-0.39, 0.29) is 13.1 Å². The minimum atomic E-state index is -0.169. The van der Waals surface area contributed by atoms with Crippen LogP contribution in [0, 0.1) is 23.2 Å². The monoisotopic (exact) mass is 251 g/mol. The van der Waals surface area contributed by atoms with Gasteiger partial charge in [-0.2, -0.15) is 0 Å². The molecule has 5 unspecified atom stereocenters. The van der Waals surface area contributed by atoms with Gasteiger partial charge in [0.2, 0.25) is 0 Å². The molecule has 0 radical (unpaired) electrons. The van der Waals surface area contributed by atoms with Crippen LogP contribution in [0.5, 0.6) is 0 Å². The van der Waals surface area contributed by atoms with Crippen molar-refractivity contribution in [2.24, 2.45) is 28.9 Å². The van der Waals surface area contributed by atoms with Gasteiger partial charge in [0.25, 0.3) is 0 Å². The van der Waals surface area contributed by atoms with Crippen molar-refractivity contribution in [3.8, 4) is 0 Å². The normalized spacial score (nSPS) is 42.7. The van der Waals surface area contributed by atoms with Crippen LogP contribution in [-0.4, -0.2) is 25.3 Å². The molecular formula is C14H26BNO2. The van der Waals surface area contributed by atoms with Crippen LogP contribution in [0.3, 0.4) is 0 Å². The summed E-state index contributed by atoms with van der Waals surface area (Å²) < 4.78 is 12.2. The molecule has 4 rings (SSSR count). The van der Waals surface area contributed by atoms with Gasteiger partial charge in [0.1, 0.15) is 0 Å². The maximum absolute atomic E-state index is 6.21. The summed E-state index contributed by atoms with van der Waals surface area (Å²) in [6.07, 6.45) is 4.07. The van der Waals surface area contributed by atoms with Crippen molar-refractivity contribution in [1.82, 2.24) is 0 Å². The second-order valence-electron chi connectivity index (χ2n) is 7.53. The van der Waals surface area contributed by atoms with E-state index in [0.29, 0.717) is 29.5 Å². The molecule has 2 N–H and O–H groups in total. The summed E-state index contributed by atoms with van der Waals surface area (Å²) in [5, 5.41) is 0. The molecule has 5 atom stereocenters. The van der Waals surface area contributed by atoms with Crippen molar-refractivity contribution in [3.05, 3.63) is 0 Å². The third-order valence-electron chi connectivity index (χ3n) is 5.52. The van der Waals surface area contributed by atoms with E-state index in [9.17, 15) is 0 Å². The van der Waals surface area contributed by atoms with Crippen molar-refractivity contribution in [3.63, 3.8) is 0 Å². The summed E-state index contributed by atoms with van der Waals surface area (Å²) in [4.78, 5) is 0. The van der Waals surface area contributed by atoms with Gasteiger partial charge in [-0.1, -0.05) is 27.7 Å². The average molecular weight is 251 g/mol. The lowest BCUT2D eigenvalue weighted by atomic mass is 9.47. The molecule has 3 aliphatic carbocycles. The van der Waals surface area contributed by atoms with Gasteiger partial charge in [-0.05, 0) is 42.4 Å². The fourth-order valence-corrected chi connectivity index (χ4v) is 4.22. The Kier molecular flexibility index (Phi) is 3.04. The fraction of sp³-hybridized carbons (Fsp3) is 1.00. The number of hydrogen-bond acceptors (Lipinski definition) is 3. The van der Waals surface area contributed by atoms with Crippen molar-refractivity contribution in [1.29, 1.82) is 0 Å². The zero-order valence-electron chi connectivity index (χ0n) is 12.1. The highest BCUT2D eigenvalue weighted by Crippen LogP contribution is 2.61. The SMILES string of the molecule is CC(C)CC(N)B1OC2CC3CC(C2O1)C3(C)C. The lowest BCUT2D eigenvalue weighted by molar-refractivity contribution is -0.150. The maximum Gasteiger partial charge on any atom is 0.475 e. The number of rotatable bonds is 3. The molecule has 0 aromatic carbocycles. The first-order chi connectivity index (χ1) is 8.39. The summed E-state index contributed by atoms with van der Waals surface area (Å²) in [7, 11) is -0.169.